The van der Waals surface area contributed by atoms with Gasteiger partial charge >= 0.3 is 0 Å². The molecule has 162 valence electrons. The standard InChI is InChI=1S/C24H31ClN2O3/c1-17(2)26-24(29)19(4)27(16-20-9-11-21(25)12-10-20)23(28)6-5-15-30-22-13-7-18(3)8-14-22/h7-14,17,19H,5-6,15-16H2,1-4H3,(H,26,29). The minimum atomic E-state index is -0.575. The summed E-state index contributed by atoms with van der Waals surface area (Å²) in [6, 6.07) is 14.6. The number of carbonyl (C=O) groups excluding carboxylic acids is 2. The Balaban J connectivity index is 1.98. The topological polar surface area (TPSA) is 58.6 Å². The summed E-state index contributed by atoms with van der Waals surface area (Å²) in [4.78, 5) is 27.1. The van der Waals surface area contributed by atoms with Crippen molar-refractivity contribution < 1.29 is 14.3 Å². The van der Waals surface area contributed by atoms with Crippen molar-refractivity contribution in [2.45, 2.75) is 59.2 Å². The first-order valence-electron chi connectivity index (χ1n) is 10.3. The number of rotatable bonds is 10. The molecular formula is C24H31ClN2O3. The highest BCUT2D eigenvalue weighted by Gasteiger charge is 2.26. The third kappa shape index (κ3) is 7.71. The summed E-state index contributed by atoms with van der Waals surface area (Å²) < 4.78 is 5.72. The molecule has 0 aromatic heterocycles. The Hall–Kier alpha value is -2.53. The van der Waals surface area contributed by atoms with Gasteiger partial charge in [0.15, 0.2) is 0 Å². The first kappa shape index (κ1) is 23.7. The predicted molar refractivity (Wildman–Crippen MR) is 121 cm³/mol. The molecule has 0 aliphatic rings. The van der Waals surface area contributed by atoms with Crippen LogP contribution in [0, 0.1) is 6.92 Å². The molecule has 2 aromatic carbocycles. The number of nitrogens with zero attached hydrogens (tertiary/aromatic N) is 1. The van der Waals surface area contributed by atoms with Crippen molar-refractivity contribution in [3.05, 3.63) is 64.7 Å². The van der Waals surface area contributed by atoms with Crippen molar-refractivity contribution in [2.75, 3.05) is 6.61 Å². The highest BCUT2D eigenvalue weighted by Crippen LogP contribution is 2.16. The first-order chi connectivity index (χ1) is 14.3. The van der Waals surface area contributed by atoms with E-state index in [1.807, 2.05) is 57.2 Å². The number of carbonyl (C=O) groups is 2. The Bertz CT molecular complexity index is 819. The molecule has 1 unspecified atom stereocenters. The number of hydrogen-bond donors (Lipinski definition) is 1. The van der Waals surface area contributed by atoms with Crippen LogP contribution in [0.3, 0.4) is 0 Å². The van der Waals surface area contributed by atoms with Crippen LogP contribution in [0.15, 0.2) is 48.5 Å². The molecule has 2 aromatic rings. The van der Waals surface area contributed by atoms with Gasteiger partial charge in [0.2, 0.25) is 11.8 Å². The summed E-state index contributed by atoms with van der Waals surface area (Å²) in [5.74, 6) is 0.544. The summed E-state index contributed by atoms with van der Waals surface area (Å²) in [5.41, 5.74) is 2.09. The van der Waals surface area contributed by atoms with Gasteiger partial charge in [-0.05, 0) is 63.9 Å². The molecule has 2 rings (SSSR count). The van der Waals surface area contributed by atoms with Gasteiger partial charge in [-0.3, -0.25) is 9.59 Å². The largest absolute Gasteiger partial charge is 0.494 e. The number of benzene rings is 2. The molecule has 0 fully saturated rings. The van der Waals surface area contributed by atoms with Gasteiger partial charge in [-0.1, -0.05) is 41.4 Å². The smallest absolute Gasteiger partial charge is 0.242 e. The van der Waals surface area contributed by atoms with Crippen molar-refractivity contribution in [2.24, 2.45) is 0 Å². The van der Waals surface area contributed by atoms with Crippen LogP contribution in [-0.2, 0) is 16.1 Å². The zero-order valence-corrected chi connectivity index (χ0v) is 18.9. The van der Waals surface area contributed by atoms with Crippen LogP contribution < -0.4 is 10.1 Å². The van der Waals surface area contributed by atoms with Gasteiger partial charge in [-0.25, -0.2) is 0 Å². The summed E-state index contributed by atoms with van der Waals surface area (Å²) in [6.45, 7) is 8.37. The van der Waals surface area contributed by atoms with Crippen LogP contribution in [0.2, 0.25) is 5.02 Å². The van der Waals surface area contributed by atoms with E-state index in [0.717, 1.165) is 11.3 Å². The number of ether oxygens (including phenoxy) is 1. The molecule has 0 saturated heterocycles. The average Bonchev–Trinajstić information content (AvgIpc) is 2.71. The highest BCUT2D eigenvalue weighted by atomic mass is 35.5. The fraction of sp³-hybridized carbons (Fsp3) is 0.417. The maximum Gasteiger partial charge on any atom is 0.242 e. The molecular weight excluding hydrogens is 400 g/mol. The van der Waals surface area contributed by atoms with Crippen molar-refractivity contribution >= 4 is 23.4 Å². The van der Waals surface area contributed by atoms with Crippen LogP contribution in [0.4, 0.5) is 0 Å². The lowest BCUT2D eigenvalue weighted by Gasteiger charge is -2.29. The molecule has 0 spiro atoms. The molecule has 0 heterocycles. The fourth-order valence-corrected chi connectivity index (χ4v) is 3.09. The second-order valence-corrected chi connectivity index (χ2v) is 8.19. The number of aryl methyl sites for hydroxylation is 1. The molecule has 6 heteroatoms. The second kappa shape index (κ2) is 11.6. The molecule has 0 aliphatic carbocycles. The van der Waals surface area contributed by atoms with Crippen molar-refractivity contribution in [1.82, 2.24) is 10.2 Å². The summed E-state index contributed by atoms with van der Waals surface area (Å²) in [7, 11) is 0. The van der Waals surface area contributed by atoms with Gasteiger partial charge in [-0.15, -0.1) is 0 Å². The first-order valence-corrected chi connectivity index (χ1v) is 10.7. The molecule has 5 nitrogen and oxygen atoms in total. The molecule has 0 saturated carbocycles. The number of hydrogen-bond acceptors (Lipinski definition) is 3. The lowest BCUT2D eigenvalue weighted by Crippen LogP contribution is -2.49. The van der Waals surface area contributed by atoms with E-state index in [1.54, 1.807) is 24.0 Å². The Labute approximate surface area is 184 Å². The Morgan fingerprint density at radius 3 is 2.27 bits per heavy atom. The quantitative estimate of drug-likeness (QED) is 0.553. The second-order valence-electron chi connectivity index (χ2n) is 7.75. The number of amides is 2. The monoisotopic (exact) mass is 430 g/mol. The highest BCUT2D eigenvalue weighted by molar-refractivity contribution is 6.30. The number of nitrogens with one attached hydrogen (secondary N) is 1. The normalized spacial score (nSPS) is 11.8. The maximum absolute atomic E-state index is 13.0. The third-order valence-electron chi connectivity index (χ3n) is 4.69. The van der Waals surface area contributed by atoms with Gasteiger partial charge in [-0.2, -0.15) is 0 Å². The van der Waals surface area contributed by atoms with Crippen LogP contribution >= 0.6 is 11.6 Å². The van der Waals surface area contributed by atoms with E-state index >= 15 is 0 Å². The van der Waals surface area contributed by atoms with Gasteiger partial charge in [0.25, 0.3) is 0 Å². The molecule has 1 N–H and O–H groups in total. The summed E-state index contributed by atoms with van der Waals surface area (Å²) in [6.07, 6.45) is 0.876. The minimum Gasteiger partial charge on any atom is -0.494 e. The SMILES string of the molecule is Cc1ccc(OCCCC(=O)N(Cc2ccc(Cl)cc2)C(C)C(=O)NC(C)C)cc1. The van der Waals surface area contributed by atoms with Gasteiger partial charge in [0, 0.05) is 24.0 Å². The Kier molecular flexibility index (Phi) is 9.18. The maximum atomic E-state index is 13.0. The average molecular weight is 431 g/mol. The van der Waals surface area contributed by atoms with Crippen LogP contribution in [0.5, 0.6) is 5.75 Å². The van der Waals surface area contributed by atoms with Gasteiger partial charge in [0.05, 0.1) is 6.61 Å². The van der Waals surface area contributed by atoms with E-state index in [2.05, 4.69) is 5.32 Å². The van der Waals surface area contributed by atoms with E-state index in [4.69, 9.17) is 16.3 Å². The minimum absolute atomic E-state index is 0.00958. The molecule has 0 radical (unpaired) electrons. The van der Waals surface area contributed by atoms with Gasteiger partial charge in [0.1, 0.15) is 11.8 Å². The van der Waals surface area contributed by atoms with E-state index in [9.17, 15) is 9.59 Å². The summed E-state index contributed by atoms with van der Waals surface area (Å²) in [5, 5.41) is 3.52. The zero-order valence-electron chi connectivity index (χ0n) is 18.2. The van der Waals surface area contributed by atoms with E-state index in [1.165, 1.54) is 5.56 Å². The molecule has 1 atom stereocenters. The third-order valence-corrected chi connectivity index (χ3v) is 4.94. The lowest BCUT2D eigenvalue weighted by molar-refractivity contribution is -0.141. The summed E-state index contributed by atoms with van der Waals surface area (Å²) >= 11 is 5.97. The Morgan fingerprint density at radius 2 is 1.67 bits per heavy atom. The molecule has 2 amide bonds. The van der Waals surface area contributed by atoms with E-state index in [0.29, 0.717) is 31.0 Å². The number of halogens is 1. The zero-order chi connectivity index (χ0) is 22.1. The van der Waals surface area contributed by atoms with E-state index < -0.39 is 6.04 Å². The van der Waals surface area contributed by atoms with Gasteiger partial charge < -0.3 is 15.0 Å². The van der Waals surface area contributed by atoms with Crippen molar-refractivity contribution in [1.29, 1.82) is 0 Å². The van der Waals surface area contributed by atoms with Crippen LogP contribution in [0.1, 0.15) is 44.7 Å². The molecule has 0 bridgehead atoms. The lowest BCUT2D eigenvalue weighted by atomic mass is 10.1. The van der Waals surface area contributed by atoms with Crippen molar-refractivity contribution in [3.8, 4) is 5.75 Å². The van der Waals surface area contributed by atoms with Crippen LogP contribution in [0.25, 0.3) is 0 Å². The predicted octanol–water partition coefficient (Wildman–Crippen LogP) is 4.75. The Morgan fingerprint density at radius 1 is 1.03 bits per heavy atom. The van der Waals surface area contributed by atoms with E-state index in [-0.39, 0.29) is 17.9 Å². The van der Waals surface area contributed by atoms with Crippen LogP contribution in [-0.4, -0.2) is 35.4 Å². The van der Waals surface area contributed by atoms with Crippen molar-refractivity contribution in [3.63, 3.8) is 0 Å². The molecule has 0 aliphatic heterocycles. The fourth-order valence-electron chi connectivity index (χ4n) is 2.97. The molecule has 30 heavy (non-hydrogen) atoms.